The van der Waals surface area contributed by atoms with Crippen molar-refractivity contribution in [2.45, 2.75) is 54.8 Å². The van der Waals surface area contributed by atoms with Gasteiger partial charge in [-0.1, -0.05) is 0 Å². The second kappa shape index (κ2) is 10.5. The Morgan fingerprint density at radius 3 is 2.36 bits per heavy atom. The van der Waals surface area contributed by atoms with Crippen LogP contribution in [0.2, 0.25) is 0 Å². The summed E-state index contributed by atoms with van der Waals surface area (Å²) in [6.45, 7) is -0.433. The molecule has 0 unspecified atom stereocenters. The number of carbonyl (C=O) groups excluding carboxylic acids is 1. The fourth-order valence-corrected chi connectivity index (χ4v) is 9.19. The first kappa shape index (κ1) is 28.9. The molecular weight excluding hydrogens is 597 g/mol. The Morgan fingerprint density at radius 2 is 1.74 bits per heavy atom. The predicted molar refractivity (Wildman–Crippen MR) is 148 cm³/mol. The lowest BCUT2D eigenvalue weighted by Gasteiger charge is -2.41. The molecule has 0 radical (unpaired) electrons. The van der Waals surface area contributed by atoms with Crippen molar-refractivity contribution in [1.29, 1.82) is 0 Å². The van der Waals surface area contributed by atoms with Gasteiger partial charge >= 0.3 is 6.18 Å². The Morgan fingerprint density at radius 1 is 1.05 bits per heavy atom. The summed E-state index contributed by atoms with van der Waals surface area (Å²) in [5, 5.41) is 2.52. The number of fused-ring (bicyclic) bond motifs is 2. The van der Waals surface area contributed by atoms with Gasteiger partial charge in [-0.15, -0.1) is 0 Å². The van der Waals surface area contributed by atoms with Crippen LogP contribution in [0.3, 0.4) is 0 Å². The van der Waals surface area contributed by atoms with E-state index in [1.807, 2.05) is 0 Å². The van der Waals surface area contributed by atoms with Gasteiger partial charge in [0.05, 0.1) is 34.4 Å². The number of hydrogen-bond acceptors (Lipinski definition) is 5. The van der Waals surface area contributed by atoms with E-state index in [2.05, 4.69) is 10.3 Å². The van der Waals surface area contributed by atoms with Gasteiger partial charge in [0.2, 0.25) is 0 Å². The second-order valence-electron chi connectivity index (χ2n) is 10.9. The van der Waals surface area contributed by atoms with Gasteiger partial charge in [-0.25, -0.2) is 17.2 Å². The van der Waals surface area contributed by atoms with Crippen molar-refractivity contribution in [1.82, 2.24) is 10.3 Å². The normalized spacial score (nSPS) is 20.0. The molecule has 222 valence electrons. The molecule has 1 spiro atoms. The van der Waals surface area contributed by atoms with Crippen molar-refractivity contribution in [3.8, 4) is 0 Å². The molecule has 6 nitrogen and oxygen atoms in total. The van der Waals surface area contributed by atoms with Gasteiger partial charge in [-0.2, -0.15) is 24.9 Å². The minimum Gasteiger partial charge on any atom is -0.346 e. The third-order valence-electron chi connectivity index (χ3n) is 8.34. The Kier molecular flexibility index (Phi) is 7.24. The molecule has 0 bridgehead atoms. The van der Waals surface area contributed by atoms with Crippen molar-refractivity contribution in [3.63, 3.8) is 0 Å². The zero-order valence-electron chi connectivity index (χ0n) is 22.1. The third kappa shape index (κ3) is 5.04. The van der Waals surface area contributed by atoms with E-state index in [9.17, 15) is 35.2 Å². The van der Waals surface area contributed by atoms with E-state index in [4.69, 9.17) is 0 Å². The summed E-state index contributed by atoms with van der Waals surface area (Å²) in [5.74, 6) is -0.544. The van der Waals surface area contributed by atoms with Crippen LogP contribution in [0.25, 0.3) is 0 Å². The van der Waals surface area contributed by atoms with Crippen molar-refractivity contribution in [3.05, 3.63) is 88.7 Å². The molecule has 1 N–H and O–H groups in total. The monoisotopic (exact) mass is 623 g/mol. The molecular formula is C29H26F5N3O3S2. The molecule has 1 atom stereocenters. The Labute approximate surface area is 243 Å². The van der Waals surface area contributed by atoms with E-state index >= 15 is 0 Å². The first-order chi connectivity index (χ1) is 19.9. The molecule has 3 aliphatic rings. The highest BCUT2D eigenvalue weighted by molar-refractivity contribution is 7.99. The maximum atomic E-state index is 14.3. The van der Waals surface area contributed by atoms with Gasteiger partial charge in [0.25, 0.3) is 15.9 Å². The number of hydrogen-bond donors (Lipinski definition) is 1. The molecule has 3 aromatic rings. The van der Waals surface area contributed by atoms with Crippen molar-refractivity contribution >= 4 is 33.4 Å². The van der Waals surface area contributed by atoms with Crippen LogP contribution in [0.1, 0.15) is 52.9 Å². The molecule has 13 heteroatoms. The van der Waals surface area contributed by atoms with Crippen molar-refractivity contribution in [2.75, 3.05) is 15.8 Å². The summed E-state index contributed by atoms with van der Waals surface area (Å²) in [5.41, 5.74) is -0.647. The van der Waals surface area contributed by atoms with Crippen LogP contribution in [0.15, 0.2) is 59.6 Å². The Bertz CT molecular complexity index is 1640. The SMILES string of the molecule is O=C(NCc1ncc(C(F)(F)F)cc1F)c1ccc2c(c1)C1(CCSCC1)[C@@H](C1CC1)N2S(=O)(=O)c1ccc(F)cc1. The first-order valence-electron chi connectivity index (χ1n) is 13.4. The first-order valence-corrected chi connectivity index (χ1v) is 16.0. The number of thioether (sulfide) groups is 1. The average Bonchev–Trinajstić information content (AvgIpc) is 3.76. The molecule has 1 aromatic heterocycles. The highest BCUT2D eigenvalue weighted by Crippen LogP contribution is 2.59. The number of nitrogens with one attached hydrogen (secondary N) is 1. The summed E-state index contributed by atoms with van der Waals surface area (Å²) in [6.07, 6.45) is -1.05. The van der Waals surface area contributed by atoms with Crippen LogP contribution < -0.4 is 9.62 Å². The van der Waals surface area contributed by atoms with Crippen LogP contribution in [0.4, 0.5) is 27.6 Å². The average molecular weight is 624 g/mol. The summed E-state index contributed by atoms with van der Waals surface area (Å²) in [6, 6.07) is 9.50. The number of sulfonamides is 1. The number of alkyl halides is 3. The van der Waals surface area contributed by atoms with Crippen LogP contribution in [-0.2, 0) is 28.2 Å². The lowest BCUT2D eigenvalue weighted by molar-refractivity contribution is -0.138. The largest absolute Gasteiger partial charge is 0.417 e. The molecule has 1 saturated heterocycles. The fraction of sp³-hybridized carbons (Fsp3) is 0.379. The summed E-state index contributed by atoms with van der Waals surface area (Å²) in [7, 11) is -4.07. The highest BCUT2D eigenvalue weighted by Gasteiger charge is 2.59. The molecule has 2 aliphatic heterocycles. The van der Waals surface area contributed by atoms with Gasteiger partial charge in [-0.05, 0) is 97.2 Å². The quantitative estimate of drug-likeness (QED) is 0.338. The fourth-order valence-electron chi connectivity index (χ4n) is 6.17. The van der Waals surface area contributed by atoms with E-state index < -0.39 is 51.3 Å². The van der Waals surface area contributed by atoms with Gasteiger partial charge in [0, 0.05) is 17.2 Å². The Balaban J connectivity index is 1.35. The number of anilines is 1. The molecule has 1 aliphatic carbocycles. The highest BCUT2D eigenvalue weighted by atomic mass is 32.2. The number of rotatable bonds is 6. The predicted octanol–water partition coefficient (Wildman–Crippen LogP) is 6.06. The van der Waals surface area contributed by atoms with Crippen LogP contribution in [0, 0.1) is 17.6 Å². The molecule has 3 heterocycles. The zero-order chi connectivity index (χ0) is 29.9. The van der Waals surface area contributed by atoms with Crippen LogP contribution in [-0.4, -0.2) is 36.9 Å². The zero-order valence-corrected chi connectivity index (χ0v) is 23.8. The smallest absolute Gasteiger partial charge is 0.346 e. The van der Waals surface area contributed by atoms with E-state index in [-0.39, 0.29) is 28.1 Å². The standard InChI is InChI=1S/C29H26F5N3O3S2/c30-20-4-6-21(7-5-20)42(39,40)37-25-8-3-18(13-22(25)28(9-11-41-12-10-28)26(37)17-1-2-17)27(38)36-16-24-23(31)14-19(15-35-24)29(32,33)34/h3-8,13-15,17,26H,1-2,9-12,16H2,(H,36,38)/t26-/m1/s1. The minimum atomic E-state index is -4.75. The van der Waals surface area contributed by atoms with Crippen LogP contribution >= 0.6 is 11.8 Å². The van der Waals surface area contributed by atoms with Gasteiger partial charge in [0.1, 0.15) is 11.6 Å². The van der Waals surface area contributed by atoms with Gasteiger partial charge in [0.15, 0.2) is 0 Å². The summed E-state index contributed by atoms with van der Waals surface area (Å²) in [4.78, 5) is 16.7. The molecule has 2 fully saturated rings. The number of benzene rings is 2. The number of pyridine rings is 1. The van der Waals surface area contributed by atoms with E-state index in [1.165, 1.54) is 22.5 Å². The number of carbonyl (C=O) groups is 1. The summed E-state index contributed by atoms with van der Waals surface area (Å²) >= 11 is 1.79. The number of aromatic nitrogens is 1. The van der Waals surface area contributed by atoms with Crippen molar-refractivity contribution < 1.29 is 35.2 Å². The molecule has 1 saturated carbocycles. The Hall–Kier alpha value is -3.19. The maximum absolute atomic E-state index is 14.3. The second-order valence-corrected chi connectivity index (χ2v) is 13.9. The molecule has 6 rings (SSSR count). The van der Waals surface area contributed by atoms with Crippen molar-refractivity contribution in [2.24, 2.45) is 5.92 Å². The van der Waals surface area contributed by atoms with E-state index in [0.717, 1.165) is 42.0 Å². The minimum absolute atomic E-state index is 0.0179. The van der Waals surface area contributed by atoms with Gasteiger partial charge in [-0.3, -0.25) is 14.1 Å². The lowest BCUT2D eigenvalue weighted by Crippen LogP contribution is -2.50. The molecule has 42 heavy (non-hydrogen) atoms. The molecule has 1 amide bonds. The topological polar surface area (TPSA) is 79.4 Å². The lowest BCUT2D eigenvalue weighted by atomic mass is 9.70. The maximum Gasteiger partial charge on any atom is 0.417 e. The number of amides is 1. The number of halogens is 5. The molecule has 2 aromatic carbocycles. The van der Waals surface area contributed by atoms with Gasteiger partial charge < -0.3 is 5.32 Å². The van der Waals surface area contributed by atoms with Crippen LogP contribution in [0.5, 0.6) is 0 Å². The number of nitrogens with zero attached hydrogens (tertiary/aromatic N) is 2. The summed E-state index contributed by atoms with van der Waals surface area (Å²) < 4.78 is 96.2. The third-order valence-corrected chi connectivity index (χ3v) is 11.1. The van der Waals surface area contributed by atoms with E-state index in [0.29, 0.717) is 30.8 Å². The van der Waals surface area contributed by atoms with E-state index in [1.54, 1.807) is 23.9 Å².